The Balaban J connectivity index is 3.56. The molecule has 1 N–H and O–H groups in total. The van der Waals surface area contributed by atoms with Crippen molar-refractivity contribution in [1.82, 2.24) is 5.32 Å². The van der Waals surface area contributed by atoms with Gasteiger partial charge in [-0.3, -0.25) is 0 Å². The number of ether oxygens (including phenoxy) is 1. The van der Waals surface area contributed by atoms with Crippen LogP contribution in [0.15, 0.2) is 0 Å². The zero-order chi connectivity index (χ0) is 7.98. The van der Waals surface area contributed by atoms with Gasteiger partial charge < -0.3 is 10.1 Å². The molecule has 0 amide bonds. The molecule has 0 bridgehead atoms. The lowest BCUT2D eigenvalue weighted by Gasteiger charge is -2.20. The summed E-state index contributed by atoms with van der Waals surface area (Å²) in [5.74, 6) is 0.699. The van der Waals surface area contributed by atoms with Crippen LogP contribution in [0.25, 0.3) is 0 Å². The third kappa shape index (κ3) is 3.18. The van der Waals surface area contributed by atoms with E-state index in [0.29, 0.717) is 12.0 Å². The Morgan fingerprint density at radius 2 is 2.10 bits per heavy atom. The topological polar surface area (TPSA) is 21.3 Å². The average molecular weight is 145 g/mol. The van der Waals surface area contributed by atoms with E-state index in [1.807, 2.05) is 7.05 Å². The Labute approximate surface area is 64.0 Å². The summed E-state index contributed by atoms with van der Waals surface area (Å²) in [7, 11) is 3.72. The minimum absolute atomic E-state index is 0.509. The molecule has 0 aromatic carbocycles. The molecule has 2 nitrogen and oxygen atoms in total. The Kier molecular flexibility index (Phi) is 5.64. The maximum Gasteiger partial charge on any atom is 0.0618 e. The van der Waals surface area contributed by atoms with Crippen molar-refractivity contribution in [2.24, 2.45) is 5.92 Å². The van der Waals surface area contributed by atoms with E-state index >= 15 is 0 Å². The van der Waals surface area contributed by atoms with Gasteiger partial charge in [0.2, 0.25) is 0 Å². The molecular weight excluding hydrogens is 126 g/mol. The van der Waals surface area contributed by atoms with Crippen LogP contribution in [0.1, 0.15) is 20.3 Å². The Hall–Kier alpha value is -0.0800. The lowest BCUT2D eigenvalue weighted by atomic mass is 10.0. The summed E-state index contributed by atoms with van der Waals surface area (Å²) in [5, 5.41) is 3.23. The summed E-state index contributed by atoms with van der Waals surface area (Å²) >= 11 is 0. The Bertz CT molecular complexity index is 75.7. The van der Waals surface area contributed by atoms with Gasteiger partial charge in [0.25, 0.3) is 0 Å². The maximum atomic E-state index is 5.06. The average Bonchev–Trinajstić information content (AvgIpc) is 1.99. The van der Waals surface area contributed by atoms with Crippen LogP contribution < -0.4 is 5.32 Å². The highest BCUT2D eigenvalue weighted by Gasteiger charge is 2.11. The molecule has 0 aliphatic rings. The predicted octanol–water partition coefficient (Wildman–Crippen LogP) is 1.27. The van der Waals surface area contributed by atoms with Gasteiger partial charge in [-0.2, -0.15) is 0 Å². The van der Waals surface area contributed by atoms with Crippen LogP contribution >= 0.6 is 0 Å². The van der Waals surface area contributed by atoms with Crippen LogP contribution in [0.2, 0.25) is 0 Å². The number of hydrogen-bond acceptors (Lipinski definition) is 2. The highest BCUT2D eigenvalue weighted by Crippen LogP contribution is 2.06. The lowest BCUT2D eigenvalue weighted by Crippen LogP contribution is -2.35. The molecule has 0 aromatic rings. The van der Waals surface area contributed by atoms with Crippen LogP contribution in [0.5, 0.6) is 0 Å². The molecule has 2 heteroatoms. The molecule has 0 radical (unpaired) electrons. The van der Waals surface area contributed by atoms with Gasteiger partial charge >= 0.3 is 0 Å². The second kappa shape index (κ2) is 5.69. The highest BCUT2D eigenvalue weighted by molar-refractivity contribution is 4.69. The largest absolute Gasteiger partial charge is 0.383 e. The van der Waals surface area contributed by atoms with Crippen molar-refractivity contribution in [3.05, 3.63) is 0 Å². The van der Waals surface area contributed by atoms with E-state index in [1.165, 1.54) is 6.42 Å². The van der Waals surface area contributed by atoms with E-state index in [2.05, 4.69) is 19.2 Å². The van der Waals surface area contributed by atoms with Gasteiger partial charge in [0, 0.05) is 13.2 Å². The summed E-state index contributed by atoms with van der Waals surface area (Å²) in [6.07, 6.45) is 1.20. The van der Waals surface area contributed by atoms with Gasteiger partial charge in [0.1, 0.15) is 0 Å². The SMILES string of the molecule is CC[C@H](C)C(COC)NC. The maximum absolute atomic E-state index is 5.06. The van der Waals surface area contributed by atoms with Crippen molar-refractivity contribution in [3.8, 4) is 0 Å². The van der Waals surface area contributed by atoms with Crippen LogP contribution in [-0.4, -0.2) is 26.8 Å². The molecular formula is C8H19NO. The minimum Gasteiger partial charge on any atom is -0.383 e. The van der Waals surface area contributed by atoms with Crippen LogP contribution in [-0.2, 0) is 4.74 Å². The van der Waals surface area contributed by atoms with Crippen molar-refractivity contribution < 1.29 is 4.74 Å². The van der Waals surface area contributed by atoms with Crippen molar-refractivity contribution in [1.29, 1.82) is 0 Å². The number of hydrogen-bond donors (Lipinski definition) is 1. The number of rotatable bonds is 5. The fraction of sp³-hybridized carbons (Fsp3) is 1.00. The third-order valence-electron chi connectivity index (χ3n) is 2.05. The van der Waals surface area contributed by atoms with Gasteiger partial charge in [-0.25, -0.2) is 0 Å². The first-order chi connectivity index (χ1) is 4.76. The fourth-order valence-electron chi connectivity index (χ4n) is 0.996. The first kappa shape index (κ1) is 9.92. The molecule has 0 rings (SSSR count). The Morgan fingerprint density at radius 3 is 2.40 bits per heavy atom. The molecule has 0 saturated heterocycles. The number of nitrogens with one attached hydrogen (secondary N) is 1. The second-order valence-electron chi connectivity index (χ2n) is 2.74. The first-order valence-electron chi connectivity index (χ1n) is 3.92. The molecule has 10 heavy (non-hydrogen) atoms. The van der Waals surface area contributed by atoms with E-state index in [0.717, 1.165) is 6.61 Å². The highest BCUT2D eigenvalue weighted by atomic mass is 16.5. The van der Waals surface area contributed by atoms with E-state index in [4.69, 9.17) is 4.74 Å². The Morgan fingerprint density at radius 1 is 1.50 bits per heavy atom. The van der Waals surface area contributed by atoms with Crippen LogP contribution in [0.3, 0.4) is 0 Å². The summed E-state index contributed by atoms with van der Waals surface area (Å²) in [4.78, 5) is 0. The zero-order valence-electron chi connectivity index (χ0n) is 7.48. The normalized spacial score (nSPS) is 16.8. The van der Waals surface area contributed by atoms with Crippen molar-refractivity contribution in [3.63, 3.8) is 0 Å². The smallest absolute Gasteiger partial charge is 0.0618 e. The second-order valence-corrected chi connectivity index (χ2v) is 2.74. The molecule has 62 valence electrons. The van der Waals surface area contributed by atoms with Crippen LogP contribution in [0.4, 0.5) is 0 Å². The van der Waals surface area contributed by atoms with Crippen molar-refractivity contribution in [2.75, 3.05) is 20.8 Å². The van der Waals surface area contributed by atoms with Crippen molar-refractivity contribution in [2.45, 2.75) is 26.3 Å². The van der Waals surface area contributed by atoms with E-state index in [-0.39, 0.29) is 0 Å². The fourth-order valence-corrected chi connectivity index (χ4v) is 0.996. The van der Waals surface area contributed by atoms with Crippen LogP contribution in [0, 0.1) is 5.92 Å². The summed E-state index contributed by atoms with van der Waals surface area (Å²) < 4.78 is 5.06. The summed E-state index contributed by atoms with van der Waals surface area (Å²) in [5.41, 5.74) is 0. The molecule has 0 aliphatic carbocycles. The number of likely N-dealkylation sites (N-methyl/N-ethyl adjacent to an activating group) is 1. The van der Waals surface area contributed by atoms with E-state index in [1.54, 1.807) is 7.11 Å². The van der Waals surface area contributed by atoms with Gasteiger partial charge in [-0.05, 0) is 13.0 Å². The molecule has 0 saturated carbocycles. The van der Waals surface area contributed by atoms with E-state index in [9.17, 15) is 0 Å². The third-order valence-corrected chi connectivity index (χ3v) is 2.05. The van der Waals surface area contributed by atoms with E-state index < -0.39 is 0 Å². The molecule has 0 aromatic heterocycles. The molecule has 2 atom stereocenters. The molecule has 1 unspecified atom stereocenters. The lowest BCUT2D eigenvalue weighted by molar-refractivity contribution is 0.146. The quantitative estimate of drug-likeness (QED) is 0.629. The summed E-state index contributed by atoms with van der Waals surface area (Å²) in [6.45, 7) is 5.25. The first-order valence-corrected chi connectivity index (χ1v) is 3.92. The predicted molar refractivity (Wildman–Crippen MR) is 44.2 cm³/mol. The molecule has 0 spiro atoms. The molecule has 0 heterocycles. The molecule has 0 fully saturated rings. The zero-order valence-corrected chi connectivity index (χ0v) is 7.48. The van der Waals surface area contributed by atoms with Gasteiger partial charge in [-0.1, -0.05) is 20.3 Å². The summed E-state index contributed by atoms with van der Waals surface area (Å²) in [6, 6.07) is 0.509. The van der Waals surface area contributed by atoms with Gasteiger partial charge in [0.05, 0.1) is 6.61 Å². The van der Waals surface area contributed by atoms with Gasteiger partial charge in [0.15, 0.2) is 0 Å². The number of methoxy groups -OCH3 is 1. The van der Waals surface area contributed by atoms with Gasteiger partial charge in [-0.15, -0.1) is 0 Å². The minimum atomic E-state index is 0.509. The molecule has 0 aliphatic heterocycles. The monoisotopic (exact) mass is 145 g/mol. The van der Waals surface area contributed by atoms with Crippen molar-refractivity contribution >= 4 is 0 Å². The standard InChI is InChI=1S/C8H19NO/c1-5-7(2)8(9-3)6-10-4/h7-9H,5-6H2,1-4H3/t7-,8?/m0/s1.